The summed E-state index contributed by atoms with van der Waals surface area (Å²) in [4.78, 5) is 12.0. The highest BCUT2D eigenvalue weighted by atomic mass is 79.9. The van der Waals surface area contributed by atoms with E-state index in [4.69, 9.17) is 4.74 Å². The number of rotatable bonds is 1. The van der Waals surface area contributed by atoms with Gasteiger partial charge < -0.3 is 4.74 Å². The van der Waals surface area contributed by atoms with Gasteiger partial charge >= 0.3 is 0 Å². The molecule has 0 spiro atoms. The van der Waals surface area contributed by atoms with Gasteiger partial charge in [0.05, 0.1) is 12.0 Å². The van der Waals surface area contributed by atoms with E-state index in [0.717, 1.165) is 22.2 Å². The molecule has 0 N–H and O–H groups in total. The molecule has 1 aromatic rings. The maximum absolute atomic E-state index is 12.0. The van der Waals surface area contributed by atoms with Crippen LogP contribution in [0.4, 0.5) is 0 Å². The Morgan fingerprint density at radius 3 is 2.81 bits per heavy atom. The smallest absolute Gasteiger partial charge is 0.170 e. The van der Waals surface area contributed by atoms with Crippen LogP contribution in [0.15, 0.2) is 16.6 Å². The largest absolute Gasteiger partial charge is 0.486 e. The zero-order chi connectivity index (χ0) is 11.9. The van der Waals surface area contributed by atoms with Gasteiger partial charge in [0.2, 0.25) is 0 Å². The first-order valence-corrected chi connectivity index (χ1v) is 6.27. The molecule has 0 aliphatic carbocycles. The second-order valence-electron chi connectivity index (χ2n) is 4.55. The maximum atomic E-state index is 12.0. The molecular formula is C13H15BrO2. The fraction of sp³-hybridized carbons (Fsp3) is 0.462. The minimum Gasteiger partial charge on any atom is -0.486 e. The Labute approximate surface area is 104 Å². The van der Waals surface area contributed by atoms with E-state index in [1.54, 1.807) is 0 Å². The molecule has 1 aliphatic rings. The van der Waals surface area contributed by atoms with Gasteiger partial charge in [-0.3, -0.25) is 4.79 Å². The minimum absolute atomic E-state index is 0.182. The maximum Gasteiger partial charge on any atom is 0.170 e. The van der Waals surface area contributed by atoms with E-state index < -0.39 is 0 Å². The zero-order valence-corrected chi connectivity index (χ0v) is 11.3. The molecule has 16 heavy (non-hydrogen) atoms. The molecule has 1 unspecified atom stereocenters. The topological polar surface area (TPSA) is 26.3 Å². The third-order valence-electron chi connectivity index (χ3n) is 3.27. The number of hydrogen-bond donors (Lipinski definition) is 0. The standard InChI is InChI=1S/C13H15BrO2/c1-4-13(3)7-11(15)9-5-6-10(14)8(2)12(9)16-13/h5-6H,4,7H2,1-3H3. The van der Waals surface area contributed by atoms with Crippen LogP contribution >= 0.6 is 15.9 Å². The predicted octanol–water partition coefficient (Wildman–Crippen LogP) is 3.89. The molecule has 1 aliphatic heterocycles. The third kappa shape index (κ3) is 1.77. The Morgan fingerprint density at radius 2 is 2.19 bits per heavy atom. The van der Waals surface area contributed by atoms with Gasteiger partial charge in [-0.25, -0.2) is 0 Å². The van der Waals surface area contributed by atoms with Crippen LogP contribution in [0, 0.1) is 6.92 Å². The number of fused-ring (bicyclic) bond motifs is 1. The van der Waals surface area contributed by atoms with Crippen LogP contribution < -0.4 is 4.74 Å². The van der Waals surface area contributed by atoms with E-state index in [1.807, 2.05) is 32.9 Å². The summed E-state index contributed by atoms with van der Waals surface area (Å²) in [6.45, 7) is 6.01. The van der Waals surface area contributed by atoms with Crippen LogP contribution in [0.2, 0.25) is 0 Å². The van der Waals surface area contributed by atoms with Gasteiger partial charge in [0, 0.05) is 10.0 Å². The predicted molar refractivity (Wildman–Crippen MR) is 67.2 cm³/mol. The summed E-state index contributed by atoms with van der Waals surface area (Å²) in [6, 6.07) is 3.74. The minimum atomic E-state index is -0.352. The number of carbonyl (C=O) groups is 1. The Morgan fingerprint density at radius 1 is 1.50 bits per heavy atom. The number of benzene rings is 1. The second-order valence-corrected chi connectivity index (χ2v) is 5.41. The molecule has 0 saturated carbocycles. The first-order valence-electron chi connectivity index (χ1n) is 5.48. The lowest BCUT2D eigenvalue weighted by atomic mass is 9.88. The normalized spacial score (nSPS) is 23.9. The van der Waals surface area contributed by atoms with Crippen molar-refractivity contribution in [2.75, 3.05) is 0 Å². The lowest BCUT2D eigenvalue weighted by molar-refractivity contribution is 0.0493. The molecule has 0 fully saturated rings. The number of ketones is 1. The molecule has 0 radical (unpaired) electrons. The van der Waals surface area contributed by atoms with Gasteiger partial charge in [0.1, 0.15) is 11.4 Å². The Balaban J connectivity index is 2.56. The van der Waals surface area contributed by atoms with Crippen LogP contribution in [0.3, 0.4) is 0 Å². The fourth-order valence-electron chi connectivity index (χ4n) is 1.93. The van der Waals surface area contributed by atoms with Crippen LogP contribution in [0.5, 0.6) is 5.75 Å². The summed E-state index contributed by atoms with van der Waals surface area (Å²) in [7, 11) is 0. The van der Waals surface area contributed by atoms with Crippen LogP contribution in [-0.4, -0.2) is 11.4 Å². The van der Waals surface area contributed by atoms with Crippen molar-refractivity contribution in [3.8, 4) is 5.75 Å². The Bertz CT molecular complexity index is 453. The van der Waals surface area contributed by atoms with Crippen molar-refractivity contribution >= 4 is 21.7 Å². The van der Waals surface area contributed by atoms with Crippen LogP contribution in [0.25, 0.3) is 0 Å². The highest BCUT2D eigenvalue weighted by Gasteiger charge is 2.35. The highest BCUT2D eigenvalue weighted by Crippen LogP contribution is 2.39. The lowest BCUT2D eigenvalue weighted by Crippen LogP contribution is -2.38. The number of hydrogen-bond acceptors (Lipinski definition) is 2. The zero-order valence-electron chi connectivity index (χ0n) is 9.76. The molecule has 1 heterocycles. The monoisotopic (exact) mass is 282 g/mol. The molecule has 86 valence electrons. The van der Waals surface area contributed by atoms with Crippen molar-refractivity contribution < 1.29 is 9.53 Å². The van der Waals surface area contributed by atoms with E-state index in [2.05, 4.69) is 15.9 Å². The molecule has 0 aromatic heterocycles. The summed E-state index contributed by atoms with van der Waals surface area (Å²) in [5.41, 5.74) is 1.37. The van der Waals surface area contributed by atoms with Gasteiger partial charge in [-0.2, -0.15) is 0 Å². The molecule has 3 heteroatoms. The average molecular weight is 283 g/mol. The van der Waals surface area contributed by atoms with E-state index in [9.17, 15) is 4.79 Å². The molecule has 0 bridgehead atoms. The van der Waals surface area contributed by atoms with E-state index in [1.165, 1.54) is 0 Å². The first kappa shape index (κ1) is 11.6. The Hall–Kier alpha value is -0.830. The highest BCUT2D eigenvalue weighted by molar-refractivity contribution is 9.10. The van der Waals surface area contributed by atoms with Crippen molar-refractivity contribution in [3.63, 3.8) is 0 Å². The summed E-state index contributed by atoms with van der Waals surface area (Å²) < 4.78 is 6.99. The average Bonchev–Trinajstić information content (AvgIpc) is 2.24. The van der Waals surface area contributed by atoms with E-state index in [-0.39, 0.29) is 11.4 Å². The van der Waals surface area contributed by atoms with Crippen molar-refractivity contribution in [1.29, 1.82) is 0 Å². The van der Waals surface area contributed by atoms with Gasteiger partial charge in [-0.15, -0.1) is 0 Å². The van der Waals surface area contributed by atoms with Crippen molar-refractivity contribution in [2.45, 2.75) is 39.2 Å². The van der Waals surface area contributed by atoms with E-state index in [0.29, 0.717) is 12.0 Å². The lowest BCUT2D eigenvalue weighted by Gasteiger charge is -2.35. The van der Waals surface area contributed by atoms with E-state index >= 15 is 0 Å². The molecule has 1 atom stereocenters. The first-order chi connectivity index (χ1) is 7.47. The number of carbonyl (C=O) groups excluding carboxylic acids is 1. The number of Topliss-reactive ketones (excluding diaryl/α,β-unsaturated/α-hetero) is 1. The van der Waals surface area contributed by atoms with Crippen LogP contribution in [-0.2, 0) is 0 Å². The van der Waals surface area contributed by atoms with Crippen LogP contribution in [0.1, 0.15) is 42.6 Å². The molecule has 2 rings (SSSR count). The fourth-order valence-corrected chi connectivity index (χ4v) is 2.25. The third-order valence-corrected chi connectivity index (χ3v) is 4.13. The molecule has 2 nitrogen and oxygen atoms in total. The Kier molecular flexibility index (Phi) is 2.82. The van der Waals surface area contributed by atoms with Gasteiger partial charge in [0.25, 0.3) is 0 Å². The molecule has 0 amide bonds. The quantitative estimate of drug-likeness (QED) is 0.781. The van der Waals surface area contributed by atoms with Crippen molar-refractivity contribution in [2.24, 2.45) is 0 Å². The summed E-state index contributed by atoms with van der Waals surface area (Å²) in [6.07, 6.45) is 1.31. The molecular weight excluding hydrogens is 268 g/mol. The van der Waals surface area contributed by atoms with Gasteiger partial charge in [-0.05, 0) is 32.4 Å². The van der Waals surface area contributed by atoms with Gasteiger partial charge in [-0.1, -0.05) is 22.9 Å². The number of ether oxygens (including phenoxy) is 1. The number of halogens is 1. The molecule has 0 saturated heterocycles. The summed E-state index contributed by atoms with van der Waals surface area (Å²) >= 11 is 3.46. The summed E-state index contributed by atoms with van der Waals surface area (Å²) in [5, 5.41) is 0. The van der Waals surface area contributed by atoms with Crippen molar-refractivity contribution in [1.82, 2.24) is 0 Å². The van der Waals surface area contributed by atoms with Gasteiger partial charge in [0.15, 0.2) is 5.78 Å². The van der Waals surface area contributed by atoms with Crippen molar-refractivity contribution in [3.05, 3.63) is 27.7 Å². The second kappa shape index (κ2) is 3.88. The summed E-state index contributed by atoms with van der Waals surface area (Å²) in [5.74, 6) is 0.927. The SMILES string of the molecule is CCC1(C)CC(=O)c2ccc(Br)c(C)c2O1. The molecule has 1 aromatic carbocycles.